The summed E-state index contributed by atoms with van der Waals surface area (Å²) in [7, 11) is 1.83. The molecule has 1 fully saturated rings. The maximum Gasteiger partial charge on any atom is 0.417 e. The Balaban J connectivity index is 1.71. The fourth-order valence-electron chi connectivity index (χ4n) is 3.28. The fraction of sp³-hybridized carbons (Fsp3) is 0.389. The molecule has 3 rings (SSSR count). The van der Waals surface area contributed by atoms with E-state index in [-0.39, 0.29) is 11.8 Å². The summed E-state index contributed by atoms with van der Waals surface area (Å²) < 4.78 is 38.0. The lowest BCUT2D eigenvalue weighted by atomic mass is 9.88. The van der Waals surface area contributed by atoms with Crippen molar-refractivity contribution in [1.29, 1.82) is 0 Å². The van der Waals surface area contributed by atoms with E-state index in [1.165, 1.54) is 6.07 Å². The van der Waals surface area contributed by atoms with Crippen LogP contribution < -0.4 is 10.2 Å². The highest BCUT2D eigenvalue weighted by Gasteiger charge is 2.32. The number of hydrogen-bond donors (Lipinski definition) is 1. The molecule has 1 aromatic carbocycles. The number of hydrogen-bond acceptors (Lipinski definition) is 3. The van der Waals surface area contributed by atoms with Gasteiger partial charge in [-0.1, -0.05) is 29.3 Å². The molecule has 0 amide bonds. The summed E-state index contributed by atoms with van der Waals surface area (Å²) in [5.74, 6) is 1.04. The summed E-state index contributed by atoms with van der Waals surface area (Å²) >= 11 is 12.1. The van der Waals surface area contributed by atoms with Crippen LogP contribution in [0.25, 0.3) is 0 Å². The van der Waals surface area contributed by atoms with Crippen LogP contribution >= 0.6 is 23.2 Å². The van der Waals surface area contributed by atoms with E-state index in [9.17, 15) is 13.2 Å². The Bertz CT molecular complexity index is 765. The molecule has 140 valence electrons. The zero-order valence-corrected chi connectivity index (χ0v) is 15.5. The molecule has 0 saturated carbocycles. The van der Waals surface area contributed by atoms with E-state index in [1.54, 1.807) is 6.07 Å². The first-order valence-electron chi connectivity index (χ1n) is 8.16. The SMILES string of the molecule is CN(C[C@H]1CNC[C@@H]1c1ccc(Cl)c(Cl)c1)c1ccc(C(F)(F)F)cn1. The Morgan fingerprint density at radius 1 is 1.15 bits per heavy atom. The van der Waals surface area contributed by atoms with E-state index in [2.05, 4.69) is 10.3 Å². The standard InChI is InChI=1S/C18H18Cl2F3N3/c1-26(17-5-3-13(8-25-17)18(21,22)23)10-12-7-24-9-14(12)11-2-4-15(19)16(20)6-11/h2-6,8,12,14,24H,7,9-10H2,1H3/t12-,14-/m1/s1. The predicted octanol–water partition coefficient (Wildman–Crippen LogP) is 4.85. The summed E-state index contributed by atoms with van der Waals surface area (Å²) in [6, 6.07) is 8.09. The molecular formula is C18H18Cl2F3N3. The number of benzene rings is 1. The van der Waals surface area contributed by atoms with E-state index < -0.39 is 11.7 Å². The average molecular weight is 404 g/mol. The van der Waals surface area contributed by atoms with Gasteiger partial charge in [0.1, 0.15) is 5.82 Å². The van der Waals surface area contributed by atoms with Gasteiger partial charge in [0, 0.05) is 38.8 Å². The van der Waals surface area contributed by atoms with E-state index >= 15 is 0 Å². The molecule has 3 nitrogen and oxygen atoms in total. The number of nitrogens with zero attached hydrogens (tertiary/aromatic N) is 2. The molecule has 1 aliphatic rings. The van der Waals surface area contributed by atoms with Crippen LogP contribution in [0.3, 0.4) is 0 Å². The van der Waals surface area contributed by atoms with Gasteiger partial charge in [0.25, 0.3) is 0 Å². The second kappa shape index (κ2) is 7.62. The van der Waals surface area contributed by atoms with Gasteiger partial charge in [0.15, 0.2) is 0 Å². The Hall–Kier alpha value is -1.50. The van der Waals surface area contributed by atoms with Gasteiger partial charge >= 0.3 is 6.18 Å². The van der Waals surface area contributed by atoms with Crippen molar-refractivity contribution < 1.29 is 13.2 Å². The number of rotatable bonds is 4. The molecule has 0 unspecified atom stereocenters. The quantitative estimate of drug-likeness (QED) is 0.790. The lowest BCUT2D eigenvalue weighted by Gasteiger charge is -2.26. The van der Waals surface area contributed by atoms with Gasteiger partial charge in [-0.15, -0.1) is 0 Å². The minimum absolute atomic E-state index is 0.252. The van der Waals surface area contributed by atoms with Gasteiger partial charge in [-0.2, -0.15) is 13.2 Å². The molecule has 2 atom stereocenters. The average Bonchev–Trinajstić information content (AvgIpc) is 3.05. The molecule has 2 heterocycles. The molecule has 1 aliphatic heterocycles. The first-order chi connectivity index (χ1) is 12.3. The maximum absolute atomic E-state index is 12.7. The third-order valence-electron chi connectivity index (χ3n) is 4.69. The Morgan fingerprint density at radius 2 is 1.92 bits per heavy atom. The van der Waals surface area contributed by atoms with Gasteiger partial charge in [0.05, 0.1) is 15.6 Å². The van der Waals surface area contributed by atoms with Crippen LogP contribution in [0.15, 0.2) is 36.5 Å². The van der Waals surface area contributed by atoms with Crippen LogP contribution in [0.1, 0.15) is 17.0 Å². The largest absolute Gasteiger partial charge is 0.417 e. The molecule has 26 heavy (non-hydrogen) atoms. The predicted molar refractivity (Wildman–Crippen MR) is 98.1 cm³/mol. The van der Waals surface area contributed by atoms with Crippen LogP contribution in [0.5, 0.6) is 0 Å². The van der Waals surface area contributed by atoms with Crippen molar-refractivity contribution in [3.63, 3.8) is 0 Å². The highest BCUT2D eigenvalue weighted by Crippen LogP contribution is 2.34. The van der Waals surface area contributed by atoms with E-state index in [0.717, 1.165) is 30.9 Å². The van der Waals surface area contributed by atoms with Crippen molar-refractivity contribution in [2.24, 2.45) is 5.92 Å². The molecule has 2 aromatic rings. The lowest BCUT2D eigenvalue weighted by molar-refractivity contribution is -0.137. The molecule has 0 bridgehead atoms. The Kier molecular flexibility index (Phi) is 5.65. The molecule has 0 aliphatic carbocycles. The Labute approximate surface area is 160 Å². The van der Waals surface area contributed by atoms with E-state index in [1.807, 2.05) is 24.1 Å². The molecule has 1 aromatic heterocycles. The van der Waals surface area contributed by atoms with Crippen molar-refractivity contribution in [2.45, 2.75) is 12.1 Å². The normalized spacial score (nSPS) is 20.4. The smallest absolute Gasteiger partial charge is 0.359 e. The second-order valence-electron chi connectivity index (χ2n) is 6.48. The van der Waals surface area contributed by atoms with Crippen molar-refractivity contribution in [1.82, 2.24) is 10.3 Å². The summed E-state index contributed by atoms with van der Waals surface area (Å²) in [5, 5.41) is 4.41. The number of halogens is 5. The summed E-state index contributed by atoms with van der Waals surface area (Å²) in [5.41, 5.74) is 0.356. The zero-order valence-electron chi connectivity index (χ0n) is 14.0. The number of anilines is 1. The summed E-state index contributed by atoms with van der Waals surface area (Å²) in [4.78, 5) is 5.83. The monoisotopic (exact) mass is 403 g/mol. The van der Waals surface area contributed by atoms with Gasteiger partial charge in [0.2, 0.25) is 0 Å². The molecule has 0 radical (unpaired) electrons. The minimum atomic E-state index is -4.38. The molecule has 8 heteroatoms. The summed E-state index contributed by atoms with van der Waals surface area (Å²) in [6.07, 6.45) is -3.51. The van der Waals surface area contributed by atoms with Crippen molar-refractivity contribution in [2.75, 3.05) is 31.6 Å². The zero-order chi connectivity index (χ0) is 18.9. The van der Waals surface area contributed by atoms with E-state index in [4.69, 9.17) is 23.2 Å². The van der Waals surface area contributed by atoms with Crippen LogP contribution in [0, 0.1) is 5.92 Å². The number of aromatic nitrogens is 1. The van der Waals surface area contributed by atoms with Gasteiger partial charge < -0.3 is 10.2 Å². The van der Waals surface area contributed by atoms with Crippen molar-refractivity contribution >= 4 is 29.0 Å². The van der Waals surface area contributed by atoms with Crippen LogP contribution in [-0.4, -0.2) is 31.7 Å². The molecular weight excluding hydrogens is 386 g/mol. The second-order valence-corrected chi connectivity index (χ2v) is 7.30. The Morgan fingerprint density at radius 3 is 2.54 bits per heavy atom. The highest BCUT2D eigenvalue weighted by molar-refractivity contribution is 6.42. The minimum Gasteiger partial charge on any atom is -0.359 e. The number of alkyl halides is 3. The number of nitrogens with one attached hydrogen (secondary N) is 1. The topological polar surface area (TPSA) is 28.2 Å². The highest BCUT2D eigenvalue weighted by atomic mass is 35.5. The number of pyridine rings is 1. The fourth-order valence-corrected chi connectivity index (χ4v) is 3.59. The third kappa shape index (κ3) is 4.24. The summed E-state index contributed by atoms with van der Waals surface area (Å²) in [6.45, 7) is 2.29. The maximum atomic E-state index is 12.7. The van der Waals surface area contributed by atoms with Crippen LogP contribution in [0.4, 0.5) is 19.0 Å². The molecule has 1 saturated heterocycles. The molecule has 0 spiro atoms. The van der Waals surface area contributed by atoms with Crippen molar-refractivity contribution in [3.8, 4) is 0 Å². The first-order valence-corrected chi connectivity index (χ1v) is 8.91. The van der Waals surface area contributed by atoms with Gasteiger partial charge in [-0.3, -0.25) is 0 Å². The lowest BCUT2D eigenvalue weighted by Crippen LogP contribution is -2.30. The van der Waals surface area contributed by atoms with Gasteiger partial charge in [-0.25, -0.2) is 4.98 Å². The molecule has 1 N–H and O–H groups in total. The van der Waals surface area contributed by atoms with Crippen LogP contribution in [-0.2, 0) is 6.18 Å². The van der Waals surface area contributed by atoms with Gasteiger partial charge in [-0.05, 0) is 35.7 Å². The van der Waals surface area contributed by atoms with Crippen LogP contribution in [0.2, 0.25) is 10.0 Å². The van der Waals surface area contributed by atoms with Crippen molar-refractivity contribution in [3.05, 3.63) is 57.7 Å². The first kappa shape index (κ1) is 19.3. The van der Waals surface area contributed by atoms with E-state index in [0.29, 0.717) is 22.4 Å². The third-order valence-corrected chi connectivity index (χ3v) is 5.43.